The lowest BCUT2D eigenvalue weighted by Crippen LogP contribution is -2.24. The van der Waals surface area contributed by atoms with Gasteiger partial charge in [-0.1, -0.05) is 30.3 Å². The standard InChI is InChI=1S/C22H18N6O5S/c23-12-15-13-25-28(16-6-2-1-3-7-16)22(15)26-19(29)14-33-20(30)10-11-24-21-17-8-4-5-9-18(17)34(31,32)27-21/h1-9,13H,10-11,14H2,(H,24,27)(H,26,29). The predicted octanol–water partition coefficient (Wildman–Crippen LogP) is 1.35. The van der Waals surface area contributed by atoms with Crippen molar-refractivity contribution in [2.45, 2.75) is 11.3 Å². The van der Waals surface area contributed by atoms with Crippen LogP contribution in [0.2, 0.25) is 0 Å². The molecule has 0 unspecified atom stereocenters. The van der Waals surface area contributed by atoms with Crippen molar-refractivity contribution < 1.29 is 22.7 Å². The highest BCUT2D eigenvalue weighted by Gasteiger charge is 2.30. The van der Waals surface area contributed by atoms with Gasteiger partial charge in [-0.15, -0.1) is 0 Å². The molecular weight excluding hydrogens is 460 g/mol. The summed E-state index contributed by atoms with van der Waals surface area (Å²) in [4.78, 5) is 28.6. The van der Waals surface area contributed by atoms with E-state index < -0.39 is 28.5 Å². The number of esters is 1. The van der Waals surface area contributed by atoms with Crippen LogP contribution in [0.1, 0.15) is 17.5 Å². The number of aliphatic imine (C=N–C) groups is 1. The number of sulfonamides is 1. The molecule has 2 N–H and O–H groups in total. The molecule has 1 amide bonds. The third kappa shape index (κ3) is 4.79. The van der Waals surface area contributed by atoms with Gasteiger partial charge in [0.2, 0.25) is 0 Å². The van der Waals surface area contributed by atoms with Crippen LogP contribution in [0.25, 0.3) is 5.69 Å². The van der Waals surface area contributed by atoms with Gasteiger partial charge in [0, 0.05) is 5.56 Å². The fourth-order valence-electron chi connectivity index (χ4n) is 3.21. The van der Waals surface area contributed by atoms with Gasteiger partial charge < -0.3 is 10.1 Å². The van der Waals surface area contributed by atoms with Crippen molar-refractivity contribution in [2.75, 3.05) is 18.5 Å². The average molecular weight is 478 g/mol. The summed E-state index contributed by atoms with van der Waals surface area (Å²) >= 11 is 0. The molecule has 0 radical (unpaired) electrons. The number of amides is 1. The number of aromatic nitrogens is 2. The van der Waals surface area contributed by atoms with Gasteiger partial charge in [0.25, 0.3) is 15.9 Å². The van der Waals surface area contributed by atoms with Gasteiger partial charge in [-0.2, -0.15) is 10.4 Å². The number of nitrogens with zero attached hydrogens (tertiary/aromatic N) is 4. The summed E-state index contributed by atoms with van der Waals surface area (Å²) < 4.78 is 32.9. The summed E-state index contributed by atoms with van der Waals surface area (Å²) in [6, 6.07) is 17.2. The zero-order valence-corrected chi connectivity index (χ0v) is 18.4. The molecule has 0 saturated carbocycles. The van der Waals surface area contributed by atoms with E-state index in [1.165, 1.54) is 16.9 Å². The van der Waals surface area contributed by atoms with Crippen LogP contribution in [0.15, 0.2) is 70.7 Å². The molecule has 11 nitrogen and oxygen atoms in total. The van der Waals surface area contributed by atoms with E-state index >= 15 is 0 Å². The minimum atomic E-state index is -3.66. The zero-order valence-electron chi connectivity index (χ0n) is 17.6. The number of anilines is 1. The number of benzene rings is 2. The molecule has 0 bridgehead atoms. The second kappa shape index (κ2) is 9.55. The maximum absolute atomic E-state index is 12.3. The quantitative estimate of drug-likeness (QED) is 0.486. The molecule has 4 rings (SSSR count). The monoisotopic (exact) mass is 478 g/mol. The Bertz CT molecular complexity index is 1420. The molecule has 1 aliphatic rings. The van der Waals surface area contributed by atoms with Crippen LogP contribution in [0.3, 0.4) is 0 Å². The first kappa shape index (κ1) is 22.7. The van der Waals surface area contributed by atoms with Gasteiger partial charge in [-0.05, 0) is 24.3 Å². The van der Waals surface area contributed by atoms with E-state index in [1.807, 2.05) is 12.1 Å². The van der Waals surface area contributed by atoms with E-state index in [1.54, 1.807) is 42.5 Å². The van der Waals surface area contributed by atoms with Crippen molar-refractivity contribution in [3.8, 4) is 11.8 Å². The number of hydrogen-bond donors (Lipinski definition) is 2. The van der Waals surface area contributed by atoms with E-state index in [4.69, 9.17) is 4.74 Å². The summed E-state index contributed by atoms with van der Waals surface area (Å²) in [6.45, 7) is -0.609. The van der Waals surface area contributed by atoms with Gasteiger partial charge in [0.1, 0.15) is 17.5 Å². The second-order valence-electron chi connectivity index (χ2n) is 7.06. The first-order chi connectivity index (χ1) is 16.4. The minimum Gasteiger partial charge on any atom is -0.456 e. The smallest absolute Gasteiger partial charge is 0.308 e. The topological polar surface area (TPSA) is 156 Å². The first-order valence-corrected chi connectivity index (χ1v) is 11.5. The van der Waals surface area contributed by atoms with Gasteiger partial charge >= 0.3 is 5.97 Å². The van der Waals surface area contributed by atoms with Crippen LogP contribution >= 0.6 is 0 Å². The number of rotatable bonds is 7. The number of nitrogens with one attached hydrogen (secondary N) is 2. The van der Waals surface area contributed by atoms with Crippen molar-refractivity contribution in [3.63, 3.8) is 0 Å². The Kier molecular flexibility index (Phi) is 6.37. The summed E-state index contributed by atoms with van der Waals surface area (Å²) in [7, 11) is -3.66. The summed E-state index contributed by atoms with van der Waals surface area (Å²) in [5.74, 6) is -1.02. The molecule has 12 heteroatoms. The van der Waals surface area contributed by atoms with E-state index in [0.717, 1.165) is 0 Å². The van der Waals surface area contributed by atoms with Crippen LogP contribution in [0.5, 0.6) is 0 Å². The van der Waals surface area contributed by atoms with Crippen molar-refractivity contribution in [3.05, 3.63) is 71.9 Å². The van der Waals surface area contributed by atoms with E-state index in [-0.39, 0.29) is 35.1 Å². The Morgan fingerprint density at radius 2 is 1.88 bits per heavy atom. The average Bonchev–Trinajstić information content (AvgIpc) is 3.36. The van der Waals surface area contributed by atoms with Crippen LogP contribution in [0, 0.1) is 11.3 Å². The van der Waals surface area contributed by atoms with Crippen molar-refractivity contribution >= 4 is 33.6 Å². The van der Waals surface area contributed by atoms with E-state index in [0.29, 0.717) is 11.3 Å². The van der Waals surface area contributed by atoms with E-state index in [9.17, 15) is 23.3 Å². The number of fused-ring (bicyclic) bond motifs is 1. The molecule has 0 spiro atoms. The third-order valence-electron chi connectivity index (χ3n) is 4.76. The SMILES string of the molecule is N#Cc1cnn(-c2ccccc2)c1NC(=O)COC(=O)CCN=C1NS(=O)(=O)c2ccccc21. The van der Waals surface area contributed by atoms with Crippen LogP contribution in [0.4, 0.5) is 5.82 Å². The fourth-order valence-corrected chi connectivity index (χ4v) is 4.46. The third-order valence-corrected chi connectivity index (χ3v) is 6.16. The molecule has 1 aromatic heterocycles. The molecule has 0 fully saturated rings. The maximum atomic E-state index is 12.3. The molecule has 3 aromatic rings. The molecule has 0 saturated heterocycles. The van der Waals surface area contributed by atoms with Crippen LogP contribution in [-0.4, -0.2) is 49.1 Å². The van der Waals surface area contributed by atoms with E-state index in [2.05, 4.69) is 20.1 Å². The number of para-hydroxylation sites is 1. The van der Waals surface area contributed by atoms with Gasteiger partial charge in [-0.3, -0.25) is 19.3 Å². The summed E-state index contributed by atoms with van der Waals surface area (Å²) in [5.41, 5.74) is 1.22. The lowest BCUT2D eigenvalue weighted by molar-refractivity contribution is -0.147. The number of carbonyl (C=O) groups excluding carboxylic acids is 2. The lowest BCUT2D eigenvalue weighted by atomic mass is 10.2. The van der Waals surface area contributed by atoms with Gasteiger partial charge in [-0.25, -0.2) is 13.1 Å². The van der Waals surface area contributed by atoms with Gasteiger partial charge in [0.15, 0.2) is 12.4 Å². The number of amidine groups is 1. The van der Waals surface area contributed by atoms with Crippen molar-refractivity contribution in [2.24, 2.45) is 4.99 Å². The molecule has 2 heterocycles. The first-order valence-electron chi connectivity index (χ1n) is 10.0. The number of ether oxygens (including phenoxy) is 1. The number of carbonyl (C=O) groups is 2. The lowest BCUT2D eigenvalue weighted by Gasteiger charge is -2.10. The summed E-state index contributed by atoms with van der Waals surface area (Å²) in [6.07, 6.45) is 1.16. The largest absolute Gasteiger partial charge is 0.456 e. The molecule has 0 atom stereocenters. The number of hydrogen-bond acceptors (Lipinski definition) is 8. The molecular formula is C22H18N6O5S. The Balaban J connectivity index is 1.32. The Morgan fingerprint density at radius 1 is 1.15 bits per heavy atom. The second-order valence-corrected chi connectivity index (χ2v) is 8.71. The van der Waals surface area contributed by atoms with Crippen molar-refractivity contribution in [1.82, 2.24) is 14.5 Å². The maximum Gasteiger partial charge on any atom is 0.308 e. The Morgan fingerprint density at radius 3 is 2.65 bits per heavy atom. The molecule has 172 valence electrons. The highest BCUT2D eigenvalue weighted by Crippen LogP contribution is 2.22. The highest BCUT2D eigenvalue weighted by molar-refractivity contribution is 7.90. The normalized spacial score (nSPS) is 14.6. The molecule has 2 aromatic carbocycles. The predicted molar refractivity (Wildman–Crippen MR) is 121 cm³/mol. The van der Waals surface area contributed by atoms with Crippen LogP contribution in [-0.2, 0) is 24.3 Å². The molecule has 0 aliphatic carbocycles. The fraction of sp³-hybridized carbons (Fsp3) is 0.136. The Labute approximate surface area is 194 Å². The van der Waals surface area contributed by atoms with Crippen molar-refractivity contribution in [1.29, 1.82) is 5.26 Å². The minimum absolute atomic E-state index is 0.0357. The zero-order chi connectivity index (χ0) is 24.1. The van der Waals surface area contributed by atoms with Gasteiger partial charge in [0.05, 0.1) is 29.7 Å². The highest BCUT2D eigenvalue weighted by atomic mass is 32.2. The summed E-state index contributed by atoms with van der Waals surface area (Å²) in [5, 5.41) is 16.0. The molecule has 1 aliphatic heterocycles. The van der Waals surface area contributed by atoms with Crippen LogP contribution < -0.4 is 10.0 Å². The molecule has 34 heavy (non-hydrogen) atoms. The number of nitriles is 1. The Hall–Kier alpha value is -4.50.